The molecule has 1 N–H and O–H groups in total. The van der Waals surface area contributed by atoms with E-state index in [1.54, 1.807) is 0 Å². The number of nitrogens with zero attached hydrogens (tertiary/aromatic N) is 1. The lowest BCUT2D eigenvalue weighted by Gasteiger charge is -2.07. The first-order valence-corrected chi connectivity index (χ1v) is 6.45. The van der Waals surface area contributed by atoms with Gasteiger partial charge in [-0.25, -0.2) is 22.2 Å². The molecular weight excluding hydrogens is 319 g/mol. The van der Waals surface area contributed by atoms with Crippen LogP contribution < -0.4 is 0 Å². The summed E-state index contributed by atoms with van der Waals surface area (Å²) < 4.78 is 46.3. The fraction of sp³-hybridized carbons (Fsp3) is 0.167. The maximum atomic E-state index is 12.4. The van der Waals surface area contributed by atoms with E-state index in [0.717, 1.165) is 6.20 Å². The molecule has 0 amide bonds. The molecule has 0 saturated carbocycles. The molecule has 0 aliphatic heterocycles. The van der Waals surface area contributed by atoms with Crippen LogP contribution in [0.4, 0.5) is 8.78 Å². The van der Waals surface area contributed by atoms with Gasteiger partial charge in [-0.2, -0.15) is 0 Å². The maximum Gasteiger partial charge on any atom is 0.282 e. The monoisotopic (exact) mass is 321 g/mol. The summed E-state index contributed by atoms with van der Waals surface area (Å²) >= 11 is 2.71. The summed E-state index contributed by atoms with van der Waals surface area (Å²) in [6.45, 7) is 0. The first-order valence-electron chi connectivity index (χ1n) is 3.35. The zero-order chi connectivity index (χ0) is 11.8. The van der Waals surface area contributed by atoms with Gasteiger partial charge in [0.15, 0.2) is 5.75 Å². The number of halogens is 4. The average Bonchev–Trinajstić information content (AvgIpc) is 2.00. The van der Waals surface area contributed by atoms with Crippen molar-refractivity contribution in [1.29, 1.82) is 0 Å². The molecule has 0 atom stereocenters. The number of aromatic hydroxyl groups is 1. The molecule has 0 aliphatic carbocycles. The van der Waals surface area contributed by atoms with E-state index >= 15 is 0 Å². The Balaban J connectivity index is 3.56. The first kappa shape index (κ1) is 12.6. The van der Waals surface area contributed by atoms with Crippen LogP contribution in [0.3, 0.4) is 0 Å². The van der Waals surface area contributed by atoms with Gasteiger partial charge in [-0.15, -0.1) is 0 Å². The van der Waals surface area contributed by atoms with Crippen molar-refractivity contribution in [3.63, 3.8) is 0 Å². The van der Waals surface area contributed by atoms with Crippen molar-refractivity contribution in [3.8, 4) is 5.75 Å². The van der Waals surface area contributed by atoms with Gasteiger partial charge in [-0.1, -0.05) is 0 Å². The van der Waals surface area contributed by atoms with E-state index in [0.29, 0.717) is 0 Å². The molecule has 0 aliphatic rings. The predicted molar refractivity (Wildman–Crippen MR) is 51.6 cm³/mol. The third-order valence-electron chi connectivity index (χ3n) is 1.46. The highest BCUT2D eigenvalue weighted by Gasteiger charge is 2.26. The summed E-state index contributed by atoms with van der Waals surface area (Å²) in [6, 6.07) is 0. The van der Waals surface area contributed by atoms with Crippen molar-refractivity contribution in [1.82, 2.24) is 4.98 Å². The summed E-state index contributed by atoms with van der Waals surface area (Å²) in [4.78, 5) is 3.24. The Morgan fingerprint density at radius 2 is 2.07 bits per heavy atom. The number of aromatic nitrogens is 1. The second-order valence-corrected chi connectivity index (χ2v) is 5.75. The predicted octanol–water partition coefficient (Wildman–Crippen LogP) is 2.41. The van der Waals surface area contributed by atoms with Crippen LogP contribution in [0.15, 0.2) is 15.7 Å². The van der Waals surface area contributed by atoms with Crippen LogP contribution in [-0.4, -0.2) is 18.5 Å². The smallest absolute Gasteiger partial charge is 0.282 e. The van der Waals surface area contributed by atoms with E-state index in [-0.39, 0.29) is 4.47 Å². The van der Waals surface area contributed by atoms with Crippen molar-refractivity contribution < 1.29 is 22.3 Å². The second-order valence-electron chi connectivity index (χ2n) is 2.41. The van der Waals surface area contributed by atoms with Gasteiger partial charge >= 0.3 is 0 Å². The van der Waals surface area contributed by atoms with Crippen LogP contribution in [0.2, 0.25) is 0 Å². The second kappa shape index (κ2) is 4.18. The summed E-state index contributed by atoms with van der Waals surface area (Å²) in [5.41, 5.74) is -0.857. The van der Waals surface area contributed by atoms with Gasteiger partial charge in [0, 0.05) is 21.4 Å². The summed E-state index contributed by atoms with van der Waals surface area (Å²) in [5.74, 6) is -1.14. The Morgan fingerprint density at radius 3 is 2.47 bits per heavy atom. The quantitative estimate of drug-likeness (QED) is 0.849. The molecule has 0 saturated heterocycles. The van der Waals surface area contributed by atoms with Crippen LogP contribution in [-0.2, 0) is 9.05 Å². The number of hydrogen-bond donors (Lipinski definition) is 1. The summed E-state index contributed by atoms with van der Waals surface area (Å²) in [5, 5.41) is 8.26. The van der Waals surface area contributed by atoms with Crippen LogP contribution in [0.1, 0.15) is 12.0 Å². The fourth-order valence-electron chi connectivity index (χ4n) is 0.860. The number of alkyl halides is 2. The molecular formula is C6H3BrClF2NO3S. The zero-order valence-electron chi connectivity index (χ0n) is 6.79. The van der Waals surface area contributed by atoms with Gasteiger partial charge < -0.3 is 5.11 Å². The first-order chi connectivity index (χ1) is 6.75. The molecule has 1 aromatic rings. The third kappa shape index (κ3) is 2.56. The van der Waals surface area contributed by atoms with Crippen LogP contribution in [0, 0.1) is 0 Å². The minimum absolute atomic E-state index is 0.195. The molecule has 1 heterocycles. The van der Waals surface area contributed by atoms with Gasteiger partial charge in [0.1, 0.15) is 0 Å². The molecule has 84 valence electrons. The Kier molecular flexibility index (Phi) is 3.51. The molecule has 0 aromatic carbocycles. The van der Waals surface area contributed by atoms with E-state index in [2.05, 4.69) is 20.9 Å². The maximum absolute atomic E-state index is 12.4. The topological polar surface area (TPSA) is 67.3 Å². The van der Waals surface area contributed by atoms with E-state index < -0.39 is 31.8 Å². The lowest BCUT2D eigenvalue weighted by molar-refractivity contribution is 0.145. The SMILES string of the molecule is O=S(=O)(Cl)c1ncc(Br)c(C(F)F)c1O. The number of hydrogen-bond acceptors (Lipinski definition) is 4. The van der Waals surface area contributed by atoms with Crippen molar-refractivity contribution in [2.75, 3.05) is 0 Å². The minimum atomic E-state index is -4.35. The molecule has 0 unspecified atom stereocenters. The zero-order valence-corrected chi connectivity index (χ0v) is 9.94. The highest BCUT2D eigenvalue weighted by Crippen LogP contribution is 2.38. The molecule has 0 spiro atoms. The number of rotatable bonds is 2. The highest BCUT2D eigenvalue weighted by atomic mass is 79.9. The molecule has 1 aromatic heterocycles. The average molecular weight is 323 g/mol. The summed E-state index contributed by atoms with van der Waals surface area (Å²) in [7, 11) is 0.533. The van der Waals surface area contributed by atoms with Gasteiger partial charge in [0.05, 0.1) is 5.56 Å². The van der Waals surface area contributed by atoms with Crippen LogP contribution in [0.5, 0.6) is 5.75 Å². The Morgan fingerprint density at radius 1 is 1.53 bits per heavy atom. The Hall–Kier alpha value is -0.470. The van der Waals surface area contributed by atoms with E-state index in [4.69, 9.17) is 10.7 Å². The molecule has 9 heteroatoms. The summed E-state index contributed by atoms with van der Waals surface area (Å²) in [6.07, 6.45) is -2.21. The molecule has 15 heavy (non-hydrogen) atoms. The normalized spacial score (nSPS) is 12.1. The van der Waals surface area contributed by atoms with Crippen molar-refractivity contribution in [3.05, 3.63) is 16.2 Å². The van der Waals surface area contributed by atoms with E-state index in [1.807, 2.05) is 0 Å². The van der Waals surface area contributed by atoms with Gasteiger partial charge in [0.2, 0.25) is 5.03 Å². The molecule has 1 rings (SSSR count). The van der Waals surface area contributed by atoms with Gasteiger partial charge in [-0.05, 0) is 15.9 Å². The van der Waals surface area contributed by atoms with Crippen LogP contribution >= 0.6 is 26.6 Å². The van der Waals surface area contributed by atoms with E-state index in [1.165, 1.54) is 0 Å². The lowest BCUT2D eigenvalue weighted by Crippen LogP contribution is -2.00. The third-order valence-corrected chi connectivity index (χ3v) is 3.29. The van der Waals surface area contributed by atoms with Crippen molar-refractivity contribution in [2.45, 2.75) is 11.5 Å². The molecule has 0 fully saturated rings. The lowest BCUT2D eigenvalue weighted by atomic mass is 10.2. The molecule has 4 nitrogen and oxygen atoms in total. The number of pyridine rings is 1. The van der Waals surface area contributed by atoms with E-state index in [9.17, 15) is 22.3 Å². The minimum Gasteiger partial charge on any atom is -0.504 e. The standard InChI is InChI=1S/C6H3BrClF2NO3S/c7-2-1-11-6(15(8,13)14)4(12)3(2)5(9)10/h1,5,12H. The highest BCUT2D eigenvalue weighted by molar-refractivity contribution is 9.10. The molecule has 0 radical (unpaired) electrons. The Labute approximate surface area is 96.4 Å². The van der Waals surface area contributed by atoms with Gasteiger partial charge in [0.25, 0.3) is 15.5 Å². The largest absolute Gasteiger partial charge is 0.504 e. The van der Waals surface area contributed by atoms with Crippen molar-refractivity contribution in [2.24, 2.45) is 0 Å². The molecule has 0 bridgehead atoms. The Bertz CT molecular complexity index is 493. The van der Waals surface area contributed by atoms with Gasteiger partial charge in [-0.3, -0.25) is 0 Å². The van der Waals surface area contributed by atoms with Crippen LogP contribution in [0.25, 0.3) is 0 Å². The van der Waals surface area contributed by atoms with Crippen molar-refractivity contribution >= 4 is 35.7 Å². The fourth-order valence-corrected chi connectivity index (χ4v) is 2.18.